The molecule has 0 unspecified atom stereocenters. The van der Waals surface area contributed by atoms with Gasteiger partial charge in [-0.3, -0.25) is 4.79 Å². The Morgan fingerprint density at radius 3 is 2.61 bits per heavy atom. The average molecular weight is 269 g/mol. The third-order valence-electron chi connectivity index (χ3n) is 2.62. The van der Waals surface area contributed by atoms with E-state index >= 15 is 0 Å². The lowest BCUT2D eigenvalue weighted by Crippen LogP contribution is -2.28. The van der Waals surface area contributed by atoms with Gasteiger partial charge in [-0.05, 0) is 24.1 Å². The molecule has 0 bridgehead atoms. The average Bonchev–Trinajstić information content (AvgIpc) is 2.37. The SMILES string of the molecule is CCCCNC(=O)CCNCc1ccc(Cl)cc1. The number of halogens is 1. The fourth-order valence-corrected chi connectivity index (χ4v) is 1.66. The summed E-state index contributed by atoms with van der Waals surface area (Å²) >= 11 is 5.80. The molecule has 1 aromatic carbocycles. The van der Waals surface area contributed by atoms with E-state index in [0.717, 1.165) is 31.0 Å². The van der Waals surface area contributed by atoms with Gasteiger partial charge >= 0.3 is 0 Å². The summed E-state index contributed by atoms with van der Waals surface area (Å²) in [5, 5.41) is 6.88. The number of carbonyl (C=O) groups excluding carboxylic acids is 1. The van der Waals surface area contributed by atoms with Crippen LogP contribution in [-0.2, 0) is 11.3 Å². The van der Waals surface area contributed by atoms with Crippen molar-refractivity contribution in [2.45, 2.75) is 32.7 Å². The molecule has 18 heavy (non-hydrogen) atoms. The van der Waals surface area contributed by atoms with Gasteiger partial charge in [-0.25, -0.2) is 0 Å². The van der Waals surface area contributed by atoms with Crippen LogP contribution >= 0.6 is 11.6 Å². The van der Waals surface area contributed by atoms with Gasteiger partial charge in [0.1, 0.15) is 0 Å². The van der Waals surface area contributed by atoms with E-state index in [1.807, 2.05) is 24.3 Å². The van der Waals surface area contributed by atoms with E-state index in [9.17, 15) is 4.79 Å². The van der Waals surface area contributed by atoms with Gasteiger partial charge in [0.15, 0.2) is 0 Å². The van der Waals surface area contributed by atoms with Crippen LogP contribution in [0.2, 0.25) is 5.02 Å². The molecule has 4 heteroatoms. The minimum atomic E-state index is 0.118. The van der Waals surface area contributed by atoms with Crippen LogP contribution in [0.25, 0.3) is 0 Å². The Morgan fingerprint density at radius 1 is 1.22 bits per heavy atom. The fourth-order valence-electron chi connectivity index (χ4n) is 1.53. The van der Waals surface area contributed by atoms with Crippen LogP contribution in [0.3, 0.4) is 0 Å². The van der Waals surface area contributed by atoms with Gasteiger partial charge < -0.3 is 10.6 Å². The number of rotatable bonds is 8. The molecular formula is C14H21ClN2O. The maximum Gasteiger partial charge on any atom is 0.221 e. The Balaban J connectivity index is 2.07. The fraction of sp³-hybridized carbons (Fsp3) is 0.500. The molecule has 0 atom stereocenters. The molecule has 100 valence electrons. The normalized spacial score (nSPS) is 10.3. The Morgan fingerprint density at radius 2 is 1.94 bits per heavy atom. The summed E-state index contributed by atoms with van der Waals surface area (Å²) in [7, 11) is 0. The molecule has 0 aliphatic carbocycles. The first kappa shape index (κ1) is 15.0. The minimum absolute atomic E-state index is 0.118. The molecule has 0 fully saturated rings. The lowest BCUT2D eigenvalue weighted by molar-refractivity contribution is -0.121. The zero-order valence-electron chi connectivity index (χ0n) is 10.8. The van der Waals surface area contributed by atoms with Crippen molar-refractivity contribution in [3.63, 3.8) is 0 Å². The summed E-state index contributed by atoms with van der Waals surface area (Å²) in [6.45, 7) is 4.35. The van der Waals surface area contributed by atoms with E-state index in [4.69, 9.17) is 11.6 Å². The highest BCUT2D eigenvalue weighted by atomic mass is 35.5. The smallest absolute Gasteiger partial charge is 0.221 e. The van der Waals surface area contributed by atoms with Crippen LogP contribution in [0, 0.1) is 0 Å². The second-order valence-corrected chi connectivity index (χ2v) is 4.69. The topological polar surface area (TPSA) is 41.1 Å². The third-order valence-corrected chi connectivity index (χ3v) is 2.88. The third kappa shape index (κ3) is 6.62. The highest BCUT2D eigenvalue weighted by Crippen LogP contribution is 2.08. The quantitative estimate of drug-likeness (QED) is 0.712. The van der Waals surface area contributed by atoms with E-state index in [-0.39, 0.29) is 5.91 Å². The minimum Gasteiger partial charge on any atom is -0.356 e. The van der Waals surface area contributed by atoms with Gasteiger partial charge in [0.05, 0.1) is 0 Å². The number of amides is 1. The van der Waals surface area contributed by atoms with Gasteiger partial charge in [0, 0.05) is 31.1 Å². The zero-order valence-corrected chi connectivity index (χ0v) is 11.6. The number of hydrogen-bond acceptors (Lipinski definition) is 2. The van der Waals surface area contributed by atoms with Crippen LogP contribution in [0.5, 0.6) is 0 Å². The summed E-state index contributed by atoms with van der Waals surface area (Å²) in [5.74, 6) is 0.118. The first-order valence-electron chi connectivity index (χ1n) is 6.44. The Hall–Kier alpha value is -1.06. The van der Waals surface area contributed by atoms with Crippen molar-refractivity contribution in [2.24, 2.45) is 0 Å². The molecule has 3 nitrogen and oxygen atoms in total. The molecule has 0 radical (unpaired) electrons. The molecule has 1 rings (SSSR count). The first-order valence-corrected chi connectivity index (χ1v) is 6.82. The van der Waals surface area contributed by atoms with E-state index in [0.29, 0.717) is 13.0 Å². The van der Waals surface area contributed by atoms with Crippen LogP contribution in [-0.4, -0.2) is 19.0 Å². The Labute approximate surface area is 114 Å². The molecule has 2 N–H and O–H groups in total. The molecule has 1 aromatic rings. The number of carbonyl (C=O) groups is 1. The van der Waals surface area contributed by atoms with Gasteiger partial charge in [-0.2, -0.15) is 0 Å². The van der Waals surface area contributed by atoms with Crippen molar-refractivity contribution in [1.29, 1.82) is 0 Å². The first-order chi connectivity index (χ1) is 8.72. The second kappa shape index (κ2) is 8.95. The molecule has 0 spiro atoms. The largest absolute Gasteiger partial charge is 0.356 e. The van der Waals surface area contributed by atoms with E-state index in [2.05, 4.69) is 17.6 Å². The summed E-state index contributed by atoms with van der Waals surface area (Å²) in [6, 6.07) is 7.71. The standard InChI is InChI=1S/C14H21ClN2O/c1-2-3-9-17-14(18)8-10-16-11-12-4-6-13(15)7-5-12/h4-7,16H,2-3,8-11H2,1H3,(H,17,18). The molecular weight excluding hydrogens is 248 g/mol. The Bertz CT molecular complexity index is 351. The molecule has 1 amide bonds. The Kier molecular flexibility index (Phi) is 7.46. The summed E-state index contributed by atoms with van der Waals surface area (Å²) in [6.07, 6.45) is 2.68. The van der Waals surface area contributed by atoms with E-state index < -0.39 is 0 Å². The molecule has 0 heterocycles. The van der Waals surface area contributed by atoms with Crippen LogP contribution in [0.1, 0.15) is 31.7 Å². The zero-order chi connectivity index (χ0) is 13.2. The predicted molar refractivity (Wildman–Crippen MR) is 75.7 cm³/mol. The van der Waals surface area contributed by atoms with Gasteiger partial charge in [-0.1, -0.05) is 37.1 Å². The van der Waals surface area contributed by atoms with Gasteiger partial charge in [0.25, 0.3) is 0 Å². The van der Waals surface area contributed by atoms with Crippen molar-refractivity contribution >= 4 is 17.5 Å². The second-order valence-electron chi connectivity index (χ2n) is 4.26. The monoisotopic (exact) mass is 268 g/mol. The van der Waals surface area contributed by atoms with Crippen LogP contribution in [0.4, 0.5) is 0 Å². The summed E-state index contributed by atoms with van der Waals surface area (Å²) in [5.41, 5.74) is 1.17. The molecule has 0 saturated heterocycles. The lowest BCUT2D eigenvalue weighted by atomic mass is 10.2. The predicted octanol–water partition coefficient (Wildman–Crippen LogP) is 2.74. The number of nitrogens with one attached hydrogen (secondary N) is 2. The molecule has 0 aromatic heterocycles. The van der Waals surface area contributed by atoms with E-state index in [1.165, 1.54) is 5.56 Å². The lowest BCUT2D eigenvalue weighted by Gasteiger charge is -2.06. The summed E-state index contributed by atoms with van der Waals surface area (Å²) in [4.78, 5) is 11.4. The molecule has 0 aliphatic heterocycles. The summed E-state index contributed by atoms with van der Waals surface area (Å²) < 4.78 is 0. The molecule has 0 aliphatic rings. The maximum absolute atomic E-state index is 11.4. The highest BCUT2D eigenvalue weighted by molar-refractivity contribution is 6.30. The van der Waals surface area contributed by atoms with Crippen molar-refractivity contribution in [3.05, 3.63) is 34.9 Å². The molecule has 0 saturated carbocycles. The number of benzene rings is 1. The van der Waals surface area contributed by atoms with Crippen molar-refractivity contribution < 1.29 is 4.79 Å². The van der Waals surface area contributed by atoms with Gasteiger partial charge in [0.2, 0.25) is 5.91 Å². The van der Waals surface area contributed by atoms with Crippen LogP contribution < -0.4 is 10.6 Å². The highest BCUT2D eigenvalue weighted by Gasteiger charge is 1.99. The number of hydrogen-bond donors (Lipinski definition) is 2. The number of unbranched alkanes of at least 4 members (excludes halogenated alkanes) is 1. The maximum atomic E-state index is 11.4. The van der Waals surface area contributed by atoms with E-state index in [1.54, 1.807) is 0 Å². The van der Waals surface area contributed by atoms with Crippen LogP contribution in [0.15, 0.2) is 24.3 Å². The van der Waals surface area contributed by atoms with Crippen molar-refractivity contribution in [3.8, 4) is 0 Å². The van der Waals surface area contributed by atoms with Crippen molar-refractivity contribution in [2.75, 3.05) is 13.1 Å². The van der Waals surface area contributed by atoms with Crippen molar-refractivity contribution in [1.82, 2.24) is 10.6 Å². The van der Waals surface area contributed by atoms with Gasteiger partial charge in [-0.15, -0.1) is 0 Å².